The van der Waals surface area contributed by atoms with E-state index >= 15 is 0 Å². The van der Waals surface area contributed by atoms with Crippen molar-refractivity contribution in [1.82, 2.24) is 29.5 Å². The van der Waals surface area contributed by atoms with Crippen molar-refractivity contribution in [3.63, 3.8) is 0 Å². The molecule has 0 aliphatic carbocycles. The van der Waals surface area contributed by atoms with Crippen molar-refractivity contribution in [2.24, 2.45) is 0 Å². The molecule has 0 spiro atoms. The highest BCUT2D eigenvalue weighted by atomic mass is 32.2. The zero-order valence-electron chi connectivity index (χ0n) is 14.6. The van der Waals surface area contributed by atoms with Crippen molar-refractivity contribution in [2.45, 2.75) is 13.1 Å². The minimum absolute atomic E-state index is 0.0168. The van der Waals surface area contributed by atoms with Gasteiger partial charge in [0.25, 0.3) is 0 Å². The van der Waals surface area contributed by atoms with Crippen LogP contribution in [0.4, 0.5) is 10.3 Å². The number of nitrogen functional groups attached to an aromatic ring is 1. The Hall–Kier alpha value is -3.18. The first-order valence-corrected chi connectivity index (χ1v) is 9.63. The molecule has 4 rings (SSSR count). The topological polar surface area (TPSA) is 125 Å². The molecule has 9 nitrogen and oxygen atoms in total. The molecular formula is C17H16FN7O2S. The number of fused-ring (bicyclic) bond motifs is 1. The third-order valence-electron chi connectivity index (χ3n) is 4.17. The SMILES string of the molecule is Nc1nc(-c2nn(Cc3ccccc3F)c3ncccc23)nn1CCS(=O)O. The number of rotatable bonds is 6. The number of hydrogen-bond donors (Lipinski definition) is 2. The number of aromatic nitrogens is 6. The van der Waals surface area contributed by atoms with Crippen molar-refractivity contribution in [3.8, 4) is 11.5 Å². The van der Waals surface area contributed by atoms with Crippen LogP contribution in [-0.4, -0.2) is 44.0 Å². The summed E-state index contributed by atoms with van der Waals surface area (Å²) in [5, 5.41) is 9.52. The number of nitrogens with zero attached hydrogens (tertiary/aromatic N) is 6. The molecule has 28 heavy (non-hydrogen) atoms. The number of hydrogen-bond acceptors (Lipinski definition) is 6. The molecule has 0 radical (unpaired) electrons. The fraction of sp³-hybridized carbons (Fsp3) is 0.176. The Morgan fingerprint density at radius 3 is 2.75 bits per heavy atom. The van der Waals surface area contributed by atoms with E-state index in [1.54, 1.807) is 35.1 Å². The number of benzene rings is 1. The molecule has 1 aromatic carbocycles. The van der Waals surface area contributed by atoms with E-state index in [-0.39, 0.29) is 36.4 Å². The van der Waals surface area contributed by atoms with E-state index in [4.69, 9.17) is 10.3 Å². The van der Waals surface area contributed by atoms with E-state index in [0.717, 1.165) is 0 Å². The van der Waals surface area contributed by atoms with Gasteiger partial charge in [-0.2, -0.15) is 10.1 Å². The third-order valence-corrected chi connectivity index (χ3v) is 4.71. The Balaban J connectivity index is 1.76. The zero-order valence-corrected chi connectivity index (χ0v) is 15.4. The lowest BCUT2D eigenvalue weighted by molar-refractivity contribution is 0.553. The number of aryl methyl sites for hydroxylation is 1. The van der Waals surface area contributed by atoms with Gasteiger partial charge in [0.2, 0.25) is 11.8 Å². The second kappa shape index (κ2) is 7.44. The summed E-state index contributed by atoms with van der Waals surface area (Å²) in [5.74, 6) is 0.0387. The number of halogens is 1. The van der Waals surface area contributed by atoms with Crippen LogP contribution in [0.5, 0.6) is 0 Å². The summed E-state index contributed by atoms with van der Waals surface area (Å²) in [4.78, 5) is 8.57. The number of anilines is 1. The normalized spacial score (nSPS) is 12.5. The maximum atomic E-state index is 14.1. The van der Waals surface area contributed by atoms with Gasteiger partial charge in [-0.3, -0.25) is 0 Å². The standard InChI is InChI=1S/C17H16FN7O2S/c18-13-6-2-1-4-11(13)10-25-16-12(5-3-7-20-16)14(22-25)15-21-17(19)24(23-15)8-9-28(26)27/h1-7H,8-10H2,(H,26,27)(H2,19,21,23). The molecule has 4 aromatic rings. The first kappa shape index (κ1) is 18.2. The molecule has 11 heteroatoms. The Morgan fingerprint density at radius 1 is 1.14 bits per heavy atom. The van der Waals surface area contributed by atoms with Crippen LogP contribution in [0.1, 0.15) is 5.56 Å². The highest BCUT2D eigenvalue weighted by Gasteiger charge is 2.19. The Bertz CT molecular complexity index is 1170. The summed E-state index contributed by atoms with van der Waals surface area (Å²) in [6, 6.07) is 10.0. The first-order chi connectivity index (χ1) is 13.5. The molecule has 0 fully saturated rings. The molecule has 3 heterocycles. The maximum absolute atomic E-state index is 14.1. The van der Waals surface area contributed by atoms with Crippen molar-refractivity contribution >= 4 is 28.1 Å². The summed E-state index contributed by atoms with van der Waals surface area (Å²) in [5.41, 5.74) is 7.36. The van der Waals surface area contributed by atoms with Crippen molar-refractivity contribution in [2.75, 3.05) is 11.5 Å². The molecule has 3 N–H and O–H groups in total. The average Bonchev–Trinajstić information content (AvgIpc) is 3.23. The predicted molar refractivity (Wildman–Crippen MR) is 102 cm³/mol. The smallest absolute Gasteiger partial charge is 0.219 e. The summed E-state index contributed by atoms with van der Waals surface area (Å²) < 4.78 is 36.8. The van der Waals surface area contributed by atoms with Crippen LogP contribution in [0.3, 0.4) is 0 Å². The van der Waals surface area contributed by atoms with Gasteiger partial charge in [-0.25, -0.2) is 22.9 Å². The highest BCUT2D eigenvalue weighted by molar-refractivity contribution is 7.79. The molecule has 0 saturated heterocycles. The summed E-state index contributed by atoms with van der Waals surface area (Å²) in [6.45, 7) is 0.341. The summed E-state index contributed by atoms with van der Waals surface area (Å²) in [7, 11) is 0. The molecule has 0 aliphatic rings. The summed E-state index contributed by atoms with van der Waals surface area (Å²) in [6.07, 6.45) is 1.63. The van der Waals surface area contributed by atoms with E-state index in [9.17, 15) is 8.60 Å². The molecule has 1 unspecified atom stereocenters. The predicted octanol–water partition coefficient (Wildman–Crippen LogP) is 1.68. The fourth-order valence-electron chi connectivity index (χ4n) is 2.86. The lowest BCUT2D eigenvalue weighted by atomic mass is 10.2. The molecule has 144 valence electrons. The van der Waals surface area contributed by atoms with Crippen LogP contribution in [-0.2, 0) is 24.2 Å². The largest absolute Gasteiger partial charge is 0.368 e. The molecule has 0 aliphatic heterocycles. The Kier molecular flexibility index (Phi) is 4.84. The van der Waals surface area contributed by atoms with Gasteiger partial charge in [0, 0.05) is 11.8 Å². The minimum atomic E-state index is -1.96. The van der Waals surface area contributed by atoms with E-state index in [2.05, 4.69) is 20.2 Å². The number of nitrogens with two attached hydrogens (primary N) is 1. The van der Waals surface area contributed by atoms with Crippen LogP contribution in [0.2, 0.25) is 0 Å². The van der Waals surface area contributed by atoms with Crippen LogP contribution >= 0.6 is 0 Å². The summed E-state index contributed by atoms with van der Waals surface area (Å²) >= 11 is -1.96. The van der Waals surface area contributed by atoms with E-state index in [1.807, 2.05) is 6.07 Å². The molecule has 0 amide bonds. The lowest BCUT2D eigenvalue weighted by Gasteiger charge is -2.04. The van der Waals surface area contributed by atoms with Gasteiger partial charge in [-0.05, 0) is 18.2 Å². The van der Waals surface area contributed by atoms with Crippen LogP contribution in [0.25, 0.3) is 22.6 Å². The van der Waals surface area contributed by atoms with Crippen molar-refractivity contribution in [3.05, 3.63) is 54.0 Å². The van der Waals surface area contributed by atoms with Crippen LogP contribution in [0.15, 0.2) is 42.6 Å². The van der Waals surface area contributed by atoms with Gasteiger partial charge in [-0.1, -0.05) is 18.2 Å². The van der Waals surface area contributed by atoms with Crippen LogP contribution in [0, 0.1) is 5.82 Å². The molecular weight excluding hydrogens is 385 g/mol. The van der Waals surface area contributed by atoms with Gasteiger partial charge < -0.3 is 10.3 Å². The van der Waals surface area contributed by atoms with Gasteiger partial charge in [0.05, 0.1) is 24.2 Å². The second-order valence-electron chi connectivity index (χ2n) is 6.01. The Morgan fingerprint density at radius 2 is 1.96 bits per heavy atom. The number of pyridine rings is 1. The van der Waals surface area contributed by atoms with Crippen molar-refractivity contribution < 1.29 is 13.2 Å². The molecule has 0 bridgehead atoms. The average molecular weight is 401 g/mol. The van der Waals surface area contributed by atoms with Crippen molar-refractivity contribution in [1.29, 1.82) is 0 Å². The quantitative estimate of drug-likeness (QED) is 0.471. The minimum Gasteiger partial charge on any atom is -0.368 e. The Labute approximate surface area is 161 Å². The third kappa shape index (κ3) is 3.49. The van der Waals surface area contributed by atoms with Crippen LogP contribution < -0.4 is 5.73 Å². The molecule has 1 atom stereocenters. The lowest BCUT2D eigenvalue weighted by Crippen LogP contribution is -2.11. The maximum Gasteiger partial charge on any atom is 0.219 e. The first-order valence-electron chi connectivity index (χ1n) is 8.36. The monoisotopic (exact) mass is 401 g/mol. The van der Waals surface area contributed by atoms with E-state index in [0.29, 0.717) is 22.3 Å². The van der Waals surface area contributed by atoms with E-state index in [1.165, 1.54) is 10.7 Å². The zero-order chi connectivity index (χ0) is 19.7. The van der Waals surface area contributed by atoms with E-state index < -0.39 is 11.1 Å². The van der Waals surface area contributed by atoms with Gasteiger partial charge >= 0.3 is 0 Å². The highest BCUT2D eigenvalue weighted by Crippen LogP contribution is 2.26. The van der Waals surface area contributed by atoms with Gasteiger partial charge in [0.1, 0.15) is 11.5 Å². The second-order valence-corrected chi connectivity index (χ2v) is 7.07. The molecule has 0 saturated carbocycles. The molecule has 3 aromatic heterocycles. The van der Waals surface area contributed by atoms with Gasteiger partial charge in [0.15, 0.2) is 16.7 Å². The fourth-order valence-corrected chi connectivity index (χ4v) is 3.19. The van der Waals surface area contributed by atoms with Gasteiger partial charge in [-0.15, -0.1) is 5.10 Å².